The summed E-state index contributed by atoms with van der Waals surface area (Å²) in [5.74, 6) is 0.229. The van der Waals surface area contributed by atoms with Crippen LogP contribution in [0.5, 0.6) is 0 Å². The monoisotopic (exact) mass is 433 g/mol. The van der Waals surface area contributed by atoms with Crippen LogP contribution in [-0.4, -0.2) is 29.0 Å². The van der Waals surface area contributed by atoms with E-state index in [0.29, 0.717) is 5.65 Å². The van der Waals surface area contributed by atoms with E-state index < -0.39 is 0 Å². The van der Waals surface area contributed by atoms with E-state index in [4.69, 9.17) is 10.7 Å². The van der Waals surface area contributed by atoms with E-state index in [1.807, 2.05) is 32.3 Å². The summed E-state index contributed by atoms with van der Waals surface area (Å²) >= 11 is 3.64. The second-order valence-corrected chi connectivity index (χ2v) is 7.70. The first kappa shape index (κ1) is 18.4. The van der Waals surface area contributed by atoms with Gasteiger partial charge < -0.3 is 10.6 Å². The highest BCUT2D eigenvalue weighted by Crippen LogP contribution is 2.28. The number of hydrogen-bond donors (Lipinski definition) is 1. The average Bonchev–Trinajstić information content (AvgIpc) is 2.69. The summed E-state index contributed by atoms with van der Waals surface area (Å²) in [4.78, 5) is 15.4. The Morgan fingerprint density at radius 1 is 0.964 bits per heavy atom. The second-order valence-electron chi connectivity index (χ2n) is 6.84. The Morgan fingerprint density at radius 3 is 2.43 bits per heavy atom. The van der Waals surface area contributed by atoms with E-state index in [2.05, 4.69) is 67.2 Å². The van der Waals surface area contributed by atoms with Gasteiger partial charge in [-0.25, -0.2) is 9.97 Å². The molecule has 0 bridgehead atoms. The van der Waals surface area contributed by atoms with Crippen LogP contribution in [0.1, 0.15) is 11.1 Å². The number of nitrogens with two attached hydrogens (primary N) is 1. The Bertz CT molecular complexity index is 1140. The smallest absolute Gasteiger partial charge is 0.222 e. The number of benzene rings is 2. The number of fused-ring (bicyclic) bond motifs is 1. The van der Waals surface area contributed by atoms with Crippen LogP contribution >= 0.6 is 15.9 Å². The first-order valence-corrected chi connectivity index (χ1v) is 9.74. The van der Waals surface area contributed by atoms with Gasteiger partial charge in [0.25, 0.3) is 0 Å². The summed E-state index contributed by atoms with van der Waals surface area (Å²) in [6.45, 7) is 0. The molecule has 28 heavy (non-hydrogen) atoms. The molecule has 0 saturated carbocycles. The lowest BCUT2D eigenvalue weighted by Crippen LogP contribution is -2.08. The van der Waals surface area contributed by atoms with Crippen LogP contribution in [0.25, 0.3) is 22.3 Å². The minimum absolute atomic E-state index is 0.229. The number of aromatic nitrogens is 3. The standard InChI is InChI=1S/C22H20BrN5/c1-28(2)17-9-7-14(8-10-17)20-12-16(11-15-5-3-4-6-19(15)23)18-13-25-22(24)27-21(18)26-20/h3-10,12-13H,11H2,1-2H3,(H2,24,25,26,27). The molecule has 0 radical (unpaired) electrons. The van der Waals surface area contributed by atoms with E-state index in [9.17, 15) is 0 Å². The fraction of sp³-hybridized carbons (Fsp3) is 0.136. The third kappa shape index (κ3) is 3.68. The minimum Gasteiger partial charge on any atom is -0.378 e. The van der Waals surface area contributed by atoms with Crippen molar-refractivity contribution in [1.29, 1.82) is 0 Å². The van der Waals surface area contributed by atoms with Gasteiger partial charge in [-0.1, -0.05) is 46.3 Å². The van der Waals surface area contributed by atoms with Crippen molar-refractivity contribution in [2.45, 2.75) is 6.42 Å². The number of hydrogen-bond acceptors (Lipinski definition) is 5. The molecule has 0 aliphatic heterocycles. The lowest BCUT2D eigenvalue weighted by atomic mass is 10.0. The largest absolute Gasteiger partial charge is 0.378 e. The lowest BCUT2D eigenvalue weighted by Gasteiger charge is -2.14. The van der Waals surface area contributed by atoms with Crippen LogP contribution in [0.15, 0.2) is 65.3 Å². The molecular formula is C22H20BrN5. The van der Waals surface area contributed by atoms with Crippen molar-refractivity contribution >= 4 is 38.6 Å². The quantitative estimate of drug-likeness (QED) is 0.505. The van der Waals surface area contributed by atoms with Gasteiger partial charge in [-0.2, -0.15) is 4.98 Å². The van der Waals surface area contributed by atoms with Gasteiger partial charge in [0.15, 0.2) is 5.65 Å². The normalized spacial score (nSPS) is 11.0. The van der Waals surface area contributed by atoms with Crippen LogP contribution in [0, 0.1) is 0 Å². The fourth-order valence-corrected chi connectivity index (χ4v) is 3.58. The predicted octanol–water partition coefficient (Wildman–Crippen LogP) is 4.69. The molecule has 0 fully saturated rings. The molecule has 2 aromatic heterocycles. The summed E-state index contributed by atoms with van der Waals surface area (Å²) in [7, 11) is 4.05. The van der Waals surface area contributed by atoms with Crippen LogP contribution in [0.4, 0.5) is 11.6 Å². The van der Waals surface area contributed by atoms with Crippen LogP contribution in [0.3, 0.4) is 0 Å². The predicted molar refractivity (Wildman–Crippen MR) is 118 cm³/mol. The Labute approximate surface area is 172 Å². The van der Waals surface area contributed by atoms with Crippen LogP contribution in [0.2, 0.25) is 0 Å². The number of pyridine rings is 1. The van der Waals surface area contributed by atoms with Crippen molar-refractivity contribution < 1.29 is 0 Å². The summed E-state index contributed by atoms with van der Waals surface area (Å²) in [6.07, 6.45) is 2.51. The molecule has 4 rings (SSSR count). The number of nitrogens with zero attached hydrogens (tertiary/aromatic N) is 4. The first-order valence-electron chi connectivity index (χ1n) is 8.94. The number of rotatable bonds is 4. The number of halogens is 1. The minimum atomic E-state index is 0.229. The highest BCUT2D eigenvalue weighted by molar-refractivity contribution is 9.10. The van der Waals surface area contributed by atoms with Crippen molar-refractivity contribution in [3.05, 3.63) is 76.4 Å². The van der Waals surface area contributed by atoms with Crippen molar-refractivity contribution in [2.24, 2.45) is 0 Å². The highest BCUT2D eigenvalue weighted by atomic mass is 79.9. The van der Waals surface area contributed by atoms with Gasteiger partial charge in [-0.15, -0.1) is 0 Å². The van der Waals surface area contributed by atoms with E-state index in [-0.39, 0.29) is 5.95 Å². The Kier molecular flexibility index (Phi) is 4.96. The zero-order valence-electron chi connectivity index (χ0n) is 15.7. The Balaban J connectivity index is 1.85. The molecule has 4 aromatic rings. The van der Waals surface area contributed by atoms with Crippen molar-refractivity contribution in [3.8, 4) is 11.3 Å². The maximum absolute atomic E-state index is 5.82. The molecule has 0 unspecified atom stereocenters. The molecule has 2 N–H and O–H groups in total. The van der Waals surface area contributed by atoms with Gasteiger partial charge in [-0.05, 0) is 41.8 Å². The van der Waals surface area contributed by atoms with Crippen LogP contribution in [-0.2, 0) is 6.42 Å². The molecule has 140 valence electrons. The molecule has 6 heteroatoms. The summed E-state index contributed by atoms with van der Waals surface area (Å²) in [5, 5.41) is 0.915. The molecule has 0 aliphatic rings. The topological polar surface area (TPSA) is 67.9 Å². The second kappa shape index (κ2) is 7.56. The van der Waals surface area contributed by atoms with E-state index in [1.165, 1.54) is 5.56 Å². The molecule has 2 heterocycles. The van der Waals surface area contributed by atoms with Gasteiger partial charge in [0.2, 0.25) is 5.95 Å². The molecule has 0 amide bonds. The lowest BCUT2D eigenvalue weighted by molar-refractivity contribution is 1.13. The third-order valence-electron chi connectivity index (χ3n) is 4.69. The van der Waals surface area contributed by atoms with Gasteiger partial charge >= 0.3 is 0 Å². The van der Waals surface area contributed by atoms with E-state index in [0.717, 1.165) is 38.8 Å². The molecule has 0 spiro atoms. The highest BCUT2D eigenvalue weighted by Gasteiger charge is 2.12. The molecular weight excluding hydrogens is 414 g/mol. The molecule has 2 aromatic carbocycles. The average molecular weight is 434 g/mol. The number of anilines is 2. The molecule has 0 atom stereocenters. The summed E-state index contributed by atoms with van der Waals surface area (Å²) in [5.41, 5.74) is 11.8. The van der Waals surface area contributed by atoms with Gasteiger partial charge in [-0.3, -0.25) is 0 Å². The zero-order chi connectivity index (χ0) is 19.7. The maximum Gasteiger partial charge on any atom is 0.222 e. The summed E-state index contributed by atoms with van der Waals surface area (Å²) in [6, 6.07) is 18.7. The van der Waals surface area contributed by atoms with Crippen molar-refractivity contribution in [1.82, 2.24) is 15.0 Å². The van der Waals surface area contributed by atoms with Crippen LogP contribution < -0.4 is 10.6 Å². The Hall–Kier alpha value is -2.99. The number of nitrogen functional groups attached to an aromatic ring is 1. The molecule has 0 saturated heterocycles. The first-order chi connectivity index (χ1) is 13.5. The summed E-state index contributed by atoms with van der Waals surface area (Å²) < 4.78 is 1.08. The molecule has 5 nitrogen and oxygen atoms in total. The SMILES string of the molecule is CN(C)c1ccc(-c2cc(Cc3ccccc3Br)c3cnc(N)nc3n2)cc1. The van der Waals surface area contributed by atoms with Crippen molar-refractivity contribution in [2.75, 3.05) is 24.7 Å². The van der Waals surface area contributed by atoms with E-state index >= 15 is 0 Å². The fourth-order valence-electron chi connectivity index (χ4n) is 3.16. The maximum atomic E-state index is 5.82. The third-order valence-corrected chi connectivity index (χ3v) is 5.46. The van der Waals surface area contributed by atoms with Gasteiger partial charge in [0, 0.05) is 41.4 Å². The molecule has 0 aliphatic carbocycles. The Morgan fingerprint density at radius 2 is 1.71 bits per heavy atom. The zero-order valence-corrected chi connectivity index (χ0v) is 17.3. The van der Waals surface area contributed by atoms with Gasteiger partial charge in [0.1, 0.15) is 0 Å². The van der Waals surface area contributed by atoms with Crippen molar-refractivity contribution in [3.63, 3.8) is 0 Å². The van der Waals surface area contributed by atoms with Gasteiger partial charge in [0.05, 0.1) is 5.69 Å². The van der Waals surface area contributed by atoms with E-state index in [1.54, 1.807) is 6.20 Å².